The number of unbranched alkanes of at least 4 members (excludes halogenated alkanes) is 1. The minimum Gasteiger partial charge on any atom is -0.481 e. The predicted molar refractivity (Wildman–Crippen MR) is 87.8 cm³/mol. The lowest BCUT2D eigenvalue weighted by Gasteiger charge is -2.26. The van der Waals surface area contributed by atoms with Gasteiger partial charge in [0.2, 0.25) is 0 Å². The molecule has 0 fully saturated rings. The molecule has 0 aliphatic rings. The van der Waals surface area contributed by atoms with Crippen LogP contribution in [0.25, 0.3) is 0 Å². The molecule has 0 aliphatic carbocycles. The minimum atomic E-state index is -0.722. The van der Waals surface area contributed by atoms with Crippen molar-refractivity contribution < 1.29 is 9.90 Å². The molecule has 21 heavy (non-hydrogen) atoms. The standard InChI is InChI=1S/C17H26ClNO2/c1-13(14-9-5-6-10-15(14)18)19(4)12-8-7-11-17(2,3)16(20)21/h5-6,9-10,13H,7-8,11-12H2,1-4H3,(H,20,21). The number of benzene rings is 1. The molecule has 0 aliphatic heterocycles. The third-order valence-electron chi connectivity index (χ3n) is 4.16. The van der Waals surface area contributed by atoms with Crippen molar-refractivity contribution in [1.29, 1.82) is 0 Å². The summed E-state index contributed by atoms with van der Waals surface area (Å²) in [4.78, 5) is 13.3. The first kappa shape index (κ1) is 18.0. The van der Waals surface area contributed by atoms with Gasteiger partial charge >= 0.3 is 5.97 Å². The van der Waals surface area contributed by atoms with Crippen molar-refractivity contribution in [2.75, 3.05) is 13.6 Å². The van der Waals surface area contributed by atoms with Crippen molar-refractivity contribution in [3.05, 3.63) is 34.9 Å². The number of carboxylic acid groups (broad SMARTS) is 1. The molecule has 0 radical (unpaired) electrons. The monoisotopic (exact) mass is 311 g/mol. The Hall–Kier alpha value is -1.06. The van der Waals surface area contributed by atoms with Crippen LogP contribution < -0.4 is 0 Å². The smallest absolute Gasteiger partial charge is 0.309 e. The number of hydrogen-bond acceptors (Lipinski definition) is 2. The largest absolute Gasteiger partial charge is 0.481 e. The topological polar surface area (TPSA) is 40.5 Å². The number of rotatable bonds is 8. The van der Waals surface area contributed by atoms with E-state index in [2.05, 4.69) is 24.9 Å². The molecule has 1 N–H and O–H groups in total. The molecule has 1 rings (SSSR count). The molecule has 1 atom stereocenters. The average molecular weight is 312 g/mol. The van der Waals surface area contributed by atoms with Crippen LogP contribution in [-0.4, -0.2) is 29.6 Å². The molecule has 0 heterocycles. The molecule has 1 aromatic carbocycles. The highest BCUT2D eigenvalue weighted by Gasteiger charge is 2.26. The number of nitrogens with zero attached hydrogens (tertiary/aromatic N) is 1. The average Bonchev–Trinajstić information content (AvgIpc) is 2.43. The van der Waals surface area contributed by atoms with Crippen LogP contribution in [0.1, 0.15) is 51.6 Å². The summed E-state index contributed by atoms with van der Waals surface area (Å²) in [5.74, 6) is -0.722. The van der Waals surface area contributed by atoms with Crippen LogP contribution in [0.4, 0.5) is 0 Å². The van der Waals surface area contributed by atoms with E-state index in [0.29, 0.717) is 6.42 Å². The van der Waals surface area contributed by atoms with E-state index >= 15 is 0 Å². The molecule has 118 valence electrons. The Balaban J connectivity index is 2.42. The highest BCUT2D eigenvalue weighted by atomic mass is 35.5. The molecule has 0 aromatic heterocycles. The van der Waals surface area contributed by atoms with Crippen molar-refractivity contribution in [3.8, 4) is 0 Å². The van der Waals surface area contributed by atoms with Gasteiger partial charge in [0.15, 0.2) is 0 Å². The van der Waals surface area contributed by atoms with Crippen molar-refractivity contribution in [1.82, 2.24) is 4.90 Å². The molecule has 0 saturated carbocycles. The number of aliphatic carboxylic acids is 1. The fraction of sp³-hybridized carbons (Fsp3) is 0.588. The van der Waals surface area contributed by atoms with Gasteiger partial charge in [-0.05, 0) is 58.8 Å². The van der Waals surface area contributed by atoms with E-state index in [0.717, 1.165) is 30.0 Å². The zero-order valence-electron chi connectivity index (χ0n) is 13.4. The van der Waals surface area contributed by atoms with Gasteiger partial charge in [-0.3, -0.25) is 9.69 Å². The predicted octanol–water partition coefficient (Wildman–Crippen LogP) is 4.61. The van der Waals surface area contributed by atoms with E-state index in [1.165, 1.54) is 0 Å². The third-order valence-corrected chi connectivity index (χ3v) is 4.50. The quantitative estimate of drug-likeness (QED) is 0.712. The summed E-state index contributed by atoms with van der Waals surface area (Å²) in [7, 11) is 2.08. The second kappa shape index (κ2) is 7.81. The highest BCUT2D eigenvalue weighted by Crippen LogP contribution is 2.27. The summed E-state index contributed by atoms with van der Waals surface area (Å²) < 4.78 is 0. The Kier molecular flexibility index (Phi) is 6.69. The number of carboxylic acids is 1. The van der Waals surface area contributed by atoms with Gasteiger partial charge in [-0.2, -0.15) is 0 Å². The van der Waals surface area contributed by atoms with Gasteiger partial charge in [0.25, 0.3) is 0 Å². The van der Waals surface area contributed by atoms with Crippen LogP contribution in [-0.2, 0) is 4.79 Å². The van der Waals surface area contributed by atoms with Crippen LogP contribution in [0.5, 0.6) is 0 Å². The first-order chi connectivity index (χ1) is 9.75. The van der Waals surface area contributed by atoms with Gasteiger partial charge in [0.1, 0.15) is 0 Å². The Morgan fingerprint density at radius 2 is 1.95 bits per heavy atom. The second-order valence-corrected chi connectivity index (χ2v) is 6.73. The summed E-state index contributed by atoms with van der Waals surface area (Å²) >= 11 is 6.23. The van der Waals surface area contributed by atoms with E-state index in [9.17, 15) is 4.79 Å². The lowest BCUT2D eigenvalue weighted by Crippen LogP contribution is -2.26. The summed E-state index contributed by atoms with van der Waals surface area (Å²) in [6.07, 6.45) is 2.61. The second-order valence-electron chi connectivity index (χ2n) is 6.32. The number of carbonyl (C=O) groups is 1. The zero-order valence-corrected chi connectivity index (χ0v) is 14.2. The molecule has 0 bridgehead atoms. The summed E-state index contributed by atoms with van der Waals surface area (Å²) in [6.45, 7) is 6.64. The SMILES string of the molecule is CC(c1ccccc1Cl)N(C)CCCCC(C)(C)C(=O)O. The number of halogens is 1. The Morgan fingerprint density at radius 1 is 1.33 bits per heavy atom. The normalized spacial score (nSPS) is 13.4. The van der Waals surface area contributed by atoms with E-state index in [1.54, 1.807) is 13.8 Å². The summed E-state index contributed by atoms with van der Waals surface area (Å²) in [5, 5.41) is 9.89. The van der Waals surface area contributed by atoms with E-state index < -0.39 is 11.4 Å². The van der Waals surface area contributed by atoms with Gasteiger partial charge in [-0.15, -0.1) is 0 Å². The molecule has 1 aromatic rings. The van der Waals surface area contributed by atoms with Crippen LogP contribution in [0.2, 0.25) is 5.02 Å². The maximum Gasteiger partial charge on any atom is 0.309 e. The zero-order chi connectivity index (χ0) is 16.0. The first-order valence-electron chi connectivity index (χ1n) is 7.44. The third kappa shape index (κ3) is 5.33. The Bertz CT molecular complexity index is 474. The minimum absolute atomic E-state index is 0.256. The maximum atomic E-state index is 11.1. The van der Waals surface area contributed by atoms with E-state index in [1.807, 2.05) is 18.2 Å². The first-order valence-corrected chi connectivity index (χ1v) is 7.81. The molecular weight excluding hydrogens is 286 g/mol. The van der Waals surface area contributed by atoms with Crippen molar-refractivity contribution >= 4 is 17.6 Å². The highest BCUT2D eigenvalue weighted by molar-refractivity contribution is 6.31. The van der Waals surface area contributed by atoms with Crippen LogP contribution in [0, 0.1) is 5.41 Å². The van der Waals surface area contributed by atoms with Gasteiger partial charge in [0.05, 0.1) is 5.41 Å². The molecule has 0 amide bonds. The Morgan fingerprint density at radius 3 is 2.52 bits per heavy atom. The van der Waals surface area contributed by atoms with Gasteiger partial charge in [0, 0.05) is 11.1 Å². The van der Waals surface area contributed by atoms with Gasteiger partial charge in [-0.25, -0.2) is 0 Å². The molecule has 4 heteroatoms. The lowest BCUT2D eigenvalue weighted by atomic mass is 9.87. The van der Waals surface area contributed by atoms with E-state index in [4.69, 9.17) is 16.7 Å². The van der Waals surface area contributed by atoms with Crippen LogP contribution in [0.3, 0.4) is 0 Å². The van der Waals surface area contributed by atoms with Gasteiger partial charge in [-0.1, -0.05) is 36.2 Å². The molecule has 3 nitrogen and oxygen atoms in total. The maximum absolute atomic E-state index is 11.1. The molecule has 0 saturated heterocycles. The van der Waals surface area contributed by atoms with Crippen LogP contribution in [0.15, 0.2) is 24.3 Å². The fourth-order valence-corrected chi connectivity index (χ4v) is 2.57. The lowest BCUT2D eigenvalue weighted by molar-refractivity contribution is -0.147. The van der Waals surface area contributed by atoms with E-state index in [-0.39, 0.29) is 6.04 Å². The van der Waals surface area contributed by atoms with Crippen molar-refractivity contribution in [3.63, 3.8) is 0 Å². The summed E-state index contributed by atoms with van der Waals surface area (Å²) in [6, 6.07) is 8.16. The van der Waals surface area contributed by atoms with Gasteiger partial charge < -0.3 is 5.11 Å². The molecular formula is C17H26ClNO2. The molecule has 0 spiro atoms. The molecule has 1 unspecified atom stereocenters. The number of hydrogen-bond donors (Lipinski definition) is 1. The summed E-state index contributed by atoms with van der Waals surface area (Å²) in [5.41, 5.74) is 0.500. The van der Waals surface area contributed by atoms with Crippen LogP contribution >= 0.6 is 11.6 Å². The Labute approximate surface area is 132 Å². The van der Waals surface area contributed by atoms with Crippen molar-refractivity contribution in [2.45, 2.75) is 46.1 Å². The van der Waals surface area contributed by atoms with Crippen molar-refractivity contribution in [2.24, 2.45) is 5.41 Å². The fourth-order valence-electron chi connectivity index (χ4n) is 2.28.